The van der Waals surface area contributed by atoms with Gasteiger partial charge in [-0.1, -0.05) is 0 Å². The molecule has 26 heavy (non-hydrogen) atoms. The number of amides is 2. The Morgan fingerprint density at radius 2 is 1.73 bits per heavy atom. The Labute approximate surface area is 152 Å². The fourth-order valence-corrected chi connectivity index (χ4v) is 2.73. The van der Waals surface area contributed by atoms with Crippen LogP contribution in [0.3, 0.4) is 0 Å². The zero-order chi connectivity index (χ0) is 18.9. The molecule has 8 nitrogen and oxygen atoms in total. The number of esters is 1. The maximum absolute atomic E-state index is 12.2. The summed E-state index contributed by atoms with van der Waals surface area (Å²) >= 11 is 0. The highest BCUT2D eigenvalue weighted by molar-refractivity contribution is 5.88. The monoisotopic (exact) mass is 364 g/mol. The molecule has 0 saturated carbocycles. The number of ether oxygens (including phenoxy) is 3. The molecule has 0 aliphatic carbocycles. The number of piperidine rings is 1. The van der Waals surface area contributed by atoms with Gasteiger partial charge >= 0.3 is 5.97 Å². The Balaban J connectivity index is 1.75. The molecule has 2 rings (SSSR count). The van der Waals surface area contributed by atoms with Gasteiger partial charge in [-0.3, -0.25) is 9.59 Å². The van der Waals surface area contributed by atoms with Gasteiger partial charge in [-0.05, 0) is 50.5 Å². The Bertz CT molecular complexity index is 631. The van der Waals surface area contributed by atoms with E-state index in [1.165, 1.54) is 4.90 Å². The van der Waals surface area contributed by atoms with Crippen LogP contribution in [0, 0.1) is 0 Å². The van der Waals surface area contributed by atoms with Crippen molar-refractivity contribution in [2.45, 2.75) is 32.2 Å². The second-order valence-corrected chi connectivity index (χ2v) is 5.85. The van der Waals surface area contributed by atoms with Crippen molar-refractivity contribution in [2.75, 3.05) is 26.4 Å². The van der Waals surface area contributed by atoms with Crippen molar-refractivity contribution >= 4 is 17.8 Å². The molecule has 1 heterocycles. The average molecular weight is 364 g/mol. The van der Waals surface area contributed by atoms with E-state index in [0.29, 0.717) is 31.1 Å². The van der Waals surface area contributed by atoms with Crippen molar-refractivity contribution in [1.82, 2.24) is 4.90 Å². The van der Waals surface area contributed by atoms with Gasteiger partial charge in [-0.25, -0.2) is 4.79 Å². The summed E-state index contributed by atoms with van der Waals surface area (Å²) in [5, 5.41) is 0. The van der Waals surface area contributed by atoms with E-state index in [1.807, 2.05) is 6.92 Å². The Hall–Kier alpha value is -2.77. The predicted octanol–water partition coefficient (Wildman–Crippen LogP) is 0.874. The summed E-state index contributed by atoms with van der Waals surface area (Å²) in [6.45, 7) is 2.13. The number of hydrogen-bond acceptors (Lipinski definition) is 6. The zero-order valence-corrected chi connectivity index (χ0v) is 14.8. The van der Waals surface area contributed by atoms with E-state index in [4.69, 9.17) is 19.9 Å². The molecule has 0 spiro atoms. The second kappa shape index (κ2) is 9.65. The number of benzene rings is 1. The van der Waals surface area contributed by atoms with Gasteiger partial charge < -0.3 is 24.8 Å². The molecule has 142 valence electrons. The molecule has 1 aliphatic rings. The molecule has 1 fully saturated rings. The summed E-state index contributed by atoms with van der Waals surface area (Å²) in [4.78, 5) is 36.7. The lowest BCUT2D eigenvalue weighted by Crippen LogP contribution is -2.51. The maximum Gasteiger partial charge on any atom is 0.344 e. The standard InChI is InChI=1S/C18H24N2O6/c1-2-24-13-6-8-14(9-7-13)25-12-17(22)26-11-16(21)20-10-4-3-5-15(20)18(19)23/h6-9,15H,2-5,10-12H2,1H3,(H2,19,23)/t15-/m0/s1. The van der Waals surface area contributed by atoms with Crippen LogP contribution in [0.1, 0.15) is 26.2 Å². The van der Waals surface area contributed by atoms with Crippen molar-refractivity contribution in [3.8, 4) is 11.5 Å². The summed E-state index contributed by atoms with van der Waals surface area (Å²) in [5.74, 6) is -0.439. The van der Waals surface area contributed by atoms with E-state index in [9.17, 15) is 14.4 Å². The van der Waals surface area contributed by atoms with E-state index < -0.39 is 30.4 Å². The molecule has 1 aromatic carbocycles. The Morgan fingerprint density at radius 1 is 1.08 bits per heavy atom. The highest BCUT2D eigenvalue weighted by Gasteiger charge is 2.30. The van der Waals surface area contributed by atoms with E-state index in [0.717, 1.165) is 12.8 Å². The number of nitrogens with zero attached hydrogens (tertiary/aromatic N) is 1. The first-order chi connectivity index (χ1) is 12.5. The van der Waals surface area contributed by atoms with E-state index in [-0.39, 0.29) is 6.61 Å². The van der Waals surface area contributed by atoms with Gasteiger partial charge in [0, 0.05) is 6.54 Å². The predicted molar refractivity (Wildman–Crippen MR) is 92.6 cm³/mol. The lowest BCUT2D eigenvalue weighted by atomic mass is 10.0. The van der Waals surface area contributed by atoms with Crippen molar-refractivity contribution in [2.24, 2.45) is 5.73 Å². The summed E-state index contributed by atoms with van der Waals surface area (Å²) < 4.78 is 15.6. The molecule has 1 atom stereocenters. The molecule has 0 unspecified atom stereocenters. The van der Waals surface area contributed by atoms with E-state index in [2.05, 4.69) is 0 Å². The van der Waals surface area contributed by atoms with Crippen LogP contribution in [-0.2, 0) is 19.1 Å². The van der Waals surface area contributed by atoms with Crippen LogP contribution >= 0.6 is 0 Å². The van der Waals surface area contributed by atoms with Gasteiger partial charge in [0.05, 0.1) is 6.61 Å². The second-order valence-electron chi connectivity index (χ2n) is 5.85. The van der Waals surface area contributed by atoms with E-state index >= 15 is 0 Å². The molecule has 2 N–H and O–H groups in total. The minimum Gasteiger partial charge on any atom is -0.494 e. The van der Waals surface area contributed by atoms with Gasteiger partial charge in [0.2, 0.25) is 5.91 Å². The molecule has 0 bridgehead atoms. The SMILES string of the molecule is CCOc1ccc(OCC(=O)OCC(=O)N2CCCC[C@H]2C(N)=O)cc1. The number of hydrogen-bond donors (Lipinski definition) is 1. The molecule has 1 aliphatic heterocycles. The van der Waals surface area contributed by atoms with Crippen molar-refractivity contribution in [3.05, 3.63) is 24.3 Å². The number of rotatable bonds is 8. The third kappa shape index (κ3) is 5.65. The van der Waals surface area contributed by atoms with Gasteiger partial charge in [0.15, 0.2) is 13.2 Å². The Morgan fingerprint density at radius 3 is 2.35 bits per heavy atom. The van der Waals surface area contributed by atoms with Crippen LogP contribution in [0.4, 0.5) is 0 Å². The van der Waals surface area contributed by atoms with Crippen LogP contribution in [0.15, 0.2) is 24.3 Å². The van der Waals surface area contributed by atoms with Gasteiger partial charge in [0.25, 0.3) is 5.91 Å². The first-order valence-electron chi connectivity index (χ1n) is 8.61. The third-order valence-electron chi connectivity index (χ3n) is 4.00. The molecule has 1 aromatic rings. The number of likely N-dealkylation sites (tertiary alicyclic amines) is 1. The van der Waals surface area contributed by atoms with Crippen LogP contribution in [0.2, 0.25) is 0 Å². The molecule has 0 radical (unpaired) electrons. The number of primary amides is 1. The van der Waals surface area contributed by atoms with Crippen molar-refractivity contribution in [1.29, 1.82) is 0 Å². The van der Waals surface area contributed by atoms with Gasteiger partial charge in [0.1, 0.15) is 17.5 Å². The third-order valence-corrected chi connectivity index (χ3v) is 4.00. The minimum absolute atomic E-state index is 0.319. The first-order valence-corrected chi connectivity index (χ1v) is 8.61. The van der Waals surface area contributed by atoms with E-state index in [1.54, 1.807) is 24.3 Å². The summed E-state index contributed by atoms with van der Waals surface area (Å²) in [6.07, 6.45) is 2.17. The Kier molecular flexibility index (Phi) is 7.25. The van der Waals surface area contributed by atoms with Crippen molar-refractivity contribution < 1.29 is 28.6 Å². The average Bonchev–Trinajstić information content (AvgIpc) is 2.65. The van der Waals surface area contributed by atoms with Crippen LogP contribution < -0.4 is 15.2 Å². The lowest BCUT2D eigenvalue weighted by molar-refractivity contribution is -0.156. The molecule has 2 amide bonds. The van der Waals surface area contributed by atoms with Gasteiger partial charge in [-0.2, -0.15) is 0 Å². The normalized spacial score (nSPS) is 16.7. The smallest absolute Gasteiger partial charge is 0.344 e. The minimum atomic E-state index is -0.667. The molecule has 0 aromatic heterocycles. The molecular weight excluding hydrogens is 340 g/mol. The highest BCUT2D eigenvalue weighted by Crippen LogP contribution is 2.18. The largest absolute Gasteiger partial charge is 0.494 e. The van der Waals surface area contributed by atoms with Gasteiger partial charge in [-0.15, -0.1) is 0 Å². The molecule has 1 saturated heterocycles. The van der Waals surface area contributed by atoms with Crippen LogP contribution in [0.25, 0.3) is 0 Å². The highest BCUT2D eigenvalue weighted by atomic mass is 16.6. The van der Waals surface area contributed by atoms with Crippen molar-refractivity contribution in [3.63, 3.8) is 0 Å². The number of carbonyl (C=O) groups is 3. The number of nitrogens with two attached hydrogens (primary N) is 1. The van der Waals surface area contributed by atoms with Crippen LogP contribution in [0.5, 0.6) is 11.5 Å². The fraction of sp³-hybridized carbons (Fsp3) is 0.500. The summed E-state index contributed by atoms with van der Waals surface area (Å²) in [6, 6.07) is 6.18. The quantitative estimate of drug-likeness (QED) is 0.686. The zero-order valence-electron chi connectivity index (χ0n) is 14.8. The summed E-state index contributed by atoms with van der Waals surface area (Å²) in [7, 11) is 0. The first kappa shape index (κ1) is 19.6. The number of carbonyl (C=O) groups excluding carboxylic acids is 3. The summed E-state index contributed by atoms with van der Waals surface area (Å²) in [5.41, 5.74) is 5.32. The lowest BCUT2D eigenvalue weighted by Gasteiger charge is -2.33. The van der Waals surface area contributed by atoms with Crippen LogP contribution in [-0.4, -0.2) is 55.1 Å². The maximum atomic E-state index is 12.2. The fourth-order valence-electron chi connectivity index (χ4n) is 2.73. The topological polar surface area (TPSA) is 108 Å². The molecular formula is C18H24N2O6. The molecule has 8 heteroatoms.